The Balaban J connectivity index is 1.56. The zero-order chi connectivity index (χ0) is 23.8. The van der Waals surface area contributed by atoms with E-state index >= 15 is 0 Å². The van der Waals surface area contributed by atoms with Crippen molar-refractivity contribution in [1.82, 2.24) is 4.72 Å². The molecule has 4 nitrogen and oxygen atoms in total. The summed E-state index contributed by atoms with van der Waals surface area (Å²) in [6.45, 7) is 9.10. The maximum atomic E-state index is 14.1. The fourth-order valence-corrected chi connectivity index (χ4v) is 10.5. The Morgan fingerprint density at radius 2 is 1.76 bits per heavy atom. The predicted molar refractivity (Wildman–Crippen MR) is 132 cm³/mol. The molecule has 0 aromatic carbocycles. The SMILES string of the molecule is CSNC12CCC(C)CC1C1C(=O)CC3C4(C)C=C(C#N)C(=O)C(C)C4CCC3(C)C1CC2. The summed E-state index contributed by atoms with van der Waals surface area (Å²) < 4.78 is 3.82. The lowest BCUT2D eigenvalue weighted by atomic mass is 9.37. The van der Waals surface area contributed by atoms with Crippen molar-refractivity contribution in [1.29, 1.82) is 5.26 Å². The number of fused-ring (bicyclic) bond motifs is 7. The van der Waals surface area contributed by atoms with E-state index in [1.165, 1.54) is 12.8 Å². The molecular weight excluding hydrogens is 428 g/mol. The number of rotatable bonds is 2. The van der Waals surface area contributed by atoms with Crippen LogP contribution >= 0.6 is 11.9 Å². The molecule has 1 N–H and O–H groups in total. The van der Waals surface area contributed by atoms with Gasteiger partial charge >= 0.3 is 0 Å². The molecule has 0 amide bonds. The van der Waals surface area contributed by atoms with Crippen LogP contribution in [0.1, 0.15) is 79.1 Å². The van der Waals surface area contributed by atoms with Crippen LogP contribution in [0.15, 0.2) is 11.6 Å². The summed E-state index contributed by atoms with van der Waals surface area (Å²) in [5.74, 6) is 2.49. The summed E-state index contributed by atoms with van der Waals surface area (Å²) in [5, 5.41) is 9.70. The van der Waals surface area contributed by atoms with E-state index in [9.17, 15) is 14.9 Å². The topological polar surface area (TPSA) is 70.0 Å². The van der Waals surface area contributed by atoms with Crippen molar-refractivity contribution >= 4 is 23.5 Å². The van der Waals surface area contributed by atoms with Gasteiger partial charge in [-0.2, -0.15) is 5.26 Å². The van der Waals surface area contributed by atoms with E-state index in [-0.39, 0.29) is 45.8 Å². The van der Waals surface area contributed by atoms with Gasteiger partial charge in [0, 0.05) is 23.8 Å². The minimum absolute atomic E-state index is 0.00498. The van der Waals surface area contributed by atoms with E-state index in [0.717, 1.165) is 32.1 Å². The number of nitrogens with one attached hydrogen (secondary N) is 1. The summed E-state index contributed by atoms with van der Waals surface area (Å²) in [6.07, 6.45) is 12.7. The third kappa shape index (κ3) is 3.19. The molecule has 0 aliphatic heterocycles. The lowest BCUT2D eigenvalue weighted by Gasteiger charge is -2.66. The van der Waals surface area contributed by atoms with Crippen LogP contribution in [0.4, 0.5) is 0 Å². The van der Waals surface area contributed by atoms with Gasteiger partial charge in [0.05, 0.1) is 5.57 Å². The van der Waals surface area contributed by atoms with Crippen molar-refractivity contribution in [2.24, 2.45) is 52.3 Å². The number of nitrogens with zero attached hydrogens (tertiary/aromatic N) is 1. The molecule has 4 saturated carbocycles. The number of carbonyl (C=O) groups excluding carboxylic acids is 2. The van der Waals surface area contributed by atoms with Crippen LogP contribution in [0.5, 0.6) is 0 Å². The molecule has 33 heavy (non-hydrogen) atoms. The van der Waals surface area contributed by atoms with Crippen molar-refractivity contribution in [2.75, 3.05) is 6.26 Å². The molecule has 4 fully saturated rings. The third-order valence-corrected chi connectivity index (χ3v) is 12.0. The third-order valence-electron chi connectivity index (χ3n) is 11.3. The van der Waals surface area contributed by atoms with Gasteiger partial charge < -0.3 is 0 Å². The van der Waals surface area contributed by atoms with Crippen LogP contribution in [0.25, 0.3) is 0 Å². The first-order valence-corrected chi connectivity index (χ1v) is 14.3. The van der Waals surface area contributed by atoms with Crippen LogP contribution in [0, 0.1) is 63.6 Å². The highest BCUT2D eigenvalue weighted by Crippen LogP contribution is 2.69. The molecule has 0 heterocycles. The number of ketones is 2. The standard InChI is InChI=1S/C28H40N2O2S/c1-16-6-10-28(30-33-5)11-8-20-24(21(28)12-16)22(31)13-23-26(20,3)9-7-19-17(2)25(32)18(15-29)14-27(19,23)4/h14,16-17,19-21,23-24,30H,6-13H2,1-5H3. The maximum absolute atomic E-state index is 14.1. The summed E-state index contributed by atoms with van der Waals surface area (Å²) in [6, 6.07) is 2.20. The highest BCUT2D eigenvalue weighted by Gasteiger charge is 2.66. The number of hydrogen-bond donors (Lipinski definition) is 1. The molecule has 0 bridgehead atoms. The molecule has 5 rings (SSSR count). The highest BCUT2D eigenvalue weighted by atomic mass is 32.2. The van der Waals surface area contributed by atoms with Gasteiger partial charge in [0.15, 0.2) is 5.78 Å². The van der Waals surface area contributed by atoms with Crippen LogP contribution < -0.4 is 4.72 Å². The Labute approximate surface area is 203 Å². The fraction of sp³-hybridized carbons (Fsp3) is 0.821. The summed E-state index contributed by atoms with van der Waals surface area (Å²) in [7, 11) is 0. The van der Waals surface area contributed by atoms with Crippen LogP contribution in [0.2, 0.25) is 0 Å². The van der Waals surface area contributed by atoms with Gasteiger partial charge in [-0.1, -0.05) is 45.7 Å². The zero-order valence-corrected chi connectivity index (χ0v) is 21.8. The predicted octanol–water partition coefficient (Wildman–Crippen LogP) is 5.74. The monoisotopic (exact) mass is 468 g/mol. The van der Waals surface area contributed by atoms with E-state index in [1.807, 2.05) is 13.0 Å². The van der Waals surface area contributed by atoms with Crippen molar-refractivity contribution in [3.05, 3.63) is 11.6 Å². The molecule has 0 aromatic heterocycles. The quantitative estimate of drug-likeness (QED) is 0.524. The summed E-state index contributed by atoms with van der Waals surface area (Å²) in [4.78, 5) is 26.9. The lowest BCUT2D eigenvalue weighted by Crippen LogP contribution is -2.66. The number of Topliss-reactive ketones (excluding diaryl/α,β-unsaturated/α-hetero) is 2. The van der Waals surface area contributed by atoms with Crippen molar-refractivity contribution in [3.63, 3.8) is 0 Å². The van der Waals surface area contributed by atoms with E-state index in [4.69, 9.17) is 0 Å². The number of hydrogen-bond acceptors (Lipinski definition) is 5. The van der Waals surface area contributed by atoms with Gasteiger partial charge in [-0.05, 0) is 91.6 Å². The van der Waals surface area contributed by atoms with Crippen LogP contribution in [0.3, 0.4) is 0 Å². The maximum Gasteiger partial charge on any atom is 0.176 e. The van der Waals surface area contributed by atoms with Crippen LogP contribution in [-0.4, -0.2) is 23.4 Å². The molecule has 0 aromatic rings. The molecule has 0 radical (unpaired) electrons. The Bertz CT molecular complexity index is 939. The average molecular weight is 469 g/mol. The highest BCUT2D eigenvalue weighted by molar-refractivity contribution is 7.96. The summed E-state index contributed by atoms with van der Waals surface area (Å²) >= 11 is 1.73. The molecule has 5 heteroatoms. The van der Waals surface area contributed by atoms with Crippen molar-refractivity contribution in [3.8, 4) is 6.07 Å². The van der Waals surface area contributed by atoms with Crippen molar-refractivity contribution < 1.29 is 9.59 Å². The first-order chi connectivity index (χ1) is 15.6. The van der Waals surface area contributed by atoms with Gasteiger partial charge in [0.25, 0.3) is 0 Å². The van der Waals surface area contributed by atoms with Gasteiger partial charge in [-0.3, -0.25) is 14.3 Å². The second-order valence-electron chi connectivity index (χ2n) is 12.7. The normalized spacial score (nSPS) is 51.4. The first-order valence-electron chi connectivity index (χ1n) is 13.1. The van der Waals surface area contributed by atoms with Gasteiger partial charge in [0.2, 0.25) is 0 Å². The molecule has 10 atom stereocenters. The number of allylic oxidation sites excluding steroid dienone is 2. The fourth-order valence-electron chi connectivity index (χ4n) is 9.76. The molecule has 5 aliphatic rings. The Kier molecular flexibility index (Phi) is 5.69. The Morgan fingerprint density at radius 1 is 1.06 bits per heavy atom. The van der Waals surface area contributed by atoms with E-state index in [1.54, 1.807) is 11.9 Å². The van der Waals surface area contributed by atoms with Crippen LogP contribution in [-0.2, 0) is 9.59 Å². The minimum Gasteiger partial charge on any atom is -0.299 e. The molecule has 180 valence electrons. The second-order valence-corrected chi connectivity index (χ2v) is 13.3. The van der Waals surface area contributed by atoms with Crippen molar-refractivity contribution in [2.45, 2.75) is 84.6 Å². The van der Waals surface area contributed by atoms with Gasteiger partial charge in [-0.15, -0.1) is 0 Å². The lowest BCUT2D eigenvalue weighted by molar-refractivity contribution is -0.176. The Morgan fingerprint density at radius 3 is 2.45 bits per heavy atom. The molecule has 5 aliphatic carbocycles. The minimum atomic E-state index is -0.252. The molecule has 0 saturated heterocycles. The van der Waals surface area contributed by atoms with E-state index in [2.05, 4.69) is 37.8 Å². The zero-order valence-electron chi connectivity index (χ0n) is 20.9. The summed E-state index contributed by atoms with van der Waals surface area (Å²) in [5.41, 5.74) is 0.269. The van der Waals surface area contributed by atoms with Gasteiger partial charge in [0.1, 0.15) is 11.9 Å². The smallest absolute Gasteiger partial charge is 0.176 e. The largest absolute Gasteiger partial charge is 0.299 e. The molecular formula is C28H40N2O2S. The molecule has 0 spiro atoms. The van der Waals surface area contributed by atoms with E-state index < -0.39 is 0 Å². The van der Waals surface area contributed by atoms with E-state index in [0.29, 0.717) is 35.5 Å². The average Bonchev–Trinajstić information content (AvgIpc) is 2.78. The molecule has 10 unspecified atom stereocenters. The first kappa shape index (κ1) is 23.6. The van der Waals surface area contributed by atoms with Gasteiger partial charge in [-0.25, -0.2) is 0 Å². The number of carbonyl (C=O) groups is 2. The number of nitriles is 1. The second kappa shape index (κ2) is 7.95. The Hall–Kier alpha value is -1.12.